The molecular formula is C16H14N2O3. The van der Waals surface area contributed by atoms with Crippen LogP contribution in [0, 0.1) is 0 Å². The van der Waals surface area contributed by atoms with E-state index in [9.17, 15) is 4.79 Å². The molecule has 1 aliphatic rings. The minimum absolute atomic E-state index is 0.452. The average molecular weight is 282 g/mol. The molecule has 1 N–H and O–H groups in total. The number of hydrogen-bond donors (Lipinski definition) is 1. The molecule has 0 aliphatic carbocycles. The quantitative estimate of drug-likeness (QED) is 0.916. The first kappa shape index (κ1) is 13.2. The molecule has 0 saturated carbocycles. The molecule has 0 unspecified atom stereocenters. The first-order valence-corrected chi connectivity index (χ1v) is 6.63. The zero-order chi connectivity index (χ0) is 14.5. The maximum atomic E-state index is 11.8. The second-order valence-corrected chi connectivity index (χ2v) is 4.48. The third-order valence-electron chi connectivity index (χ3n) is 2.96. The SMILES string of the molecule is O=C(Nc1ccccn1)OC1=Cc2ccccc2OCC1. The predicted molar refractivity (Wildman–Crippen MR) is 78.9 cm³/mol. The summed E-state index contributed by atoms with van der Waals surface area (Å²) in [5.74, 6) is 1.81. The number of hydrogen-bond acceptors (Lipinski definition) is 4. The standard InChI is InChI=1S/C16H14N2O3/c19-16(18-15-7-3-4-9-17-15)21-13-8-10-20-14-6-2-1-5-12(14)11-13/h1-7,9,11H,8,10H2,(H,17,18,19). The number of nitrogens with one attached hydrogen (secondary N) is 1. The van der Waals surface area contributed by atoms with E-state index in [1.165, 1.54) is 0 Å². The number of benzene rings is 1. The first-order chi connectivity index (χ1) is 10.3. The normalized spacial score (nSPS) is 13.2. The number of para-hydroxylation sites is 1. The molecular weight excluding hydrogens is 268 g/mol. The molecule has 5 nitrogen and oxygen atoms in total. The molecule has 1 aromatic heterocycles. The van der Waals surface area contributed by atoms with Crippen molar-refractivity contribution in [2.24, 2.45) is 0 Å². The van der Waals surface area contributed by atoms with Gasteiger partial charge in [0.1, 0.15) is 17.3 Å². The Morgan fingerprint density at radius 1 is 1.19 bits per heavy atom. The smallest absolute Gasteiger partial charge is 0.417 e. The Morgan fingerprint density at radius 3 is 2.90 bits per heavy atom. The van der Waals surface area contributed by atoms with Gasteiger partial charge in [-0.3, -0.25) is 5.32 Å². The highest BCUT2D eigenvalue weighted by molar-refractivity contribution is 5.84. The predicted octanol–water partition coefficient (Wildman–Crippen LogP) is 3.45. The van der Waals surface area contributed by atoms with Gasteiger partial charge in [0.15, 0.2) is 0 Å². The molecule has 106 valence electrons. The summed E-state index contributed by atoms with van der Waals surface area (Å²) in [5.41, 5.74) is 0.899. The molecule has 0 bridgehead atoms. The van der Waals surface area contributed by atoms with Crippen LogP contribution in [-0.4, -0.2) is 17.7 Å². The second-order valence-electron chi connectivity index (χ2n) is 4.48. The Hall–Kier alpha value is -2.82. The molecule has 0 fully saturated rings. The van der Waals surface area contributed by atoms with Crippen molar-refractivity contribution in [2.75, 3.05) is 11.9 Å². The van der Waals surface area contributed by atoms with Crippen LogP contribution in [0.2, 0.25) is 0 Å². The average Bonchev–Trinajstić information content (AvgIpc) is 2.69. The third kappa shape index (κ3) is 3.39. The molecule has 21 heavy (non-hydrogen) atoms. The Morgan fingerprint density at radius 2 is 2.05 bits per heavy atom. The van der Waals surface area contributed by atoms with Crippen LogP contribution in [0.5, 0.6) is 5.75 Å². The van der Waals surface area contributed by atoms with Gasteiger partial charge in [-0.05, 0) is 24.3 Å². The van der Waals surface area contributed by atoms with Crippen LogP contribution in [0.15, 0.2) is 54.4 Å². The molecule has 0 saturated heterocycles. The van der Waals surface area contributed by atoms with Gasteiger partial charge in [0, 0.05) is 18.2 Å². The van der Waals surface area contributed by atoms with Crippen molar-refractivity contribution in [3.63, 3.8) is 0 Å². The van der Waals surface area contributed by atoms with Crippen LogP contribution in [0.3, 0.4) is 0 Å². The number of aromatic nitrogens is 1. The summed E-state index contributed by atoms with van der Waals surface area (Å²) >= 11 is 0. The number of fused-ring (bicyclic) bond motifs is 1. The zero-order valence-electron chi connectivity index (χ0n) is 11.3. The molecule has 2 aromatic rings. The van der Waals surface area contributed by atoms with E-state index in [0.717, 1.165) is 11.3 Å². The lowest BCUT2D eigenvalue weighted by Crippen LogP contribution is -2.14. The molecule has 1 amide bonds. The van der Waals surface area contributed by atoms with Crippen LogP contribution in [0.4, 0.5) is 10.6 Å². The van der Waals surface area contributed by atoms with E-state index in [-0.39, 0.29) is 0 Å². The lowest BCUT2D eigenvalue weighted by atomic mass is 10.2. The number of carbonyl (C=O) groups excluding carboxylic acids is 1. The summed E-state index contributed by atoms with van der Waals surface area (Å²) in [5, 5.41) is 2.58. The van der Waals surface area contributed by atoms with E-state index in [2.05, 4.69) is 10.3 Å². The van der Waals surface area contributed by atoms with Gasteiger partial charge < -0.3 is 9.47 Å². The van der Waals surface area contributed by atoms with Crippen molar-refractivity contribution in [3.8, 4) is 5.75 Å². The van der Waals surface area contributed by atoms with Crippen molar-refractivity contribution in [2.45, 2.75) is 6.42 Å². The Kier molecular flexibility index (Phi) is 3.82. The zero-order valence-corrected chi connectivity index (χ0v) is 11.3. The fourth-order valence-electron chi connectivity index (χ4n) is 2.00. The highest BCUT2D eigenvalue weighted by atomic mass is 16.6. The van der Waals surface area contributed by atoms with Crippen molar-refractivity contribution < 1.29 is 14.3 Å². The summed E-state index contributed by atoms with van der Waals surface area (Å²) in [4.78, 5) is 15.9. The Balaban J connectivity index is 1.70. The summed E-state index contributed by atoms with van der Waals surface area (Å²) in [6.45, 7) is 0.472. The molecule has 2 heterocycles. The van der Waals surface area contributed by atoms with E-state index in [0.29, 0.717) is 24.6 Å². The monoisotopic (exact) mass is 282 g/mol. The molecule has 0 radical (unpaired) electrons. The van der Waals surface area contributed by atoms with Crippen molar-refractivity contribution in [1.82, 2.24) is 4.98 Å². The number of anilines is 1. The summed E-state index contributed by atoms with van der Waals surface area (Å²) in [6, 6.07) is 12.9. The lowest BCUT2D eigenvalue weighted by Gasteiger charge is -2.07. The fourth-order valence-corrected chi connectivity index (χ4v) is 2.00. The fraction of sp³-hybridized carbons (Fsp3) is 0.125. The molecule has 0 spiro atoms. The van der Waals surface area contributed by atoms with Crippen LogP contribution in [0.25, 0.3) is 6.08 Å². The van der Waals surface area contributed by atoms with Crippen LogP contribution < -0.4 is 10.1 Å². The molecule has 5 heteroatoms. The van der Waals surface area contributed by atoms with Crippen LogP contribution in [-0.2, 0) is 4.74 Å². The minimum Gasteiger partial charge on any atom is -0.492 e. The van der Waals surface area contributed by atoms with Crippen molar-refractivity contribution >= 4 is 18.0 Å². The number of rotatable bonds is 2. The van der Waals surface area contributed by atoms with Gasteiger partial charge in [0.05, 0.1) is 6.61 Å². The molecule has 1 aliphatic heterocycles. The van der Waals surface area contributed by atoms with E-state index in [4.69, 9.17) is 9.47 Å². The number of carbonyl (C=O) groups is 1. The van der Waals surface area contributed by atoms with Crippen molar-refractivity contribution in [3.05, 3.63) is 60.0 Å². The largest absolute Gasteiger partial charge is 0.492 e. The summed E-state index contributed by atoms with van der Waals surface area (Å²) < 4.78 is 10.9. The van der Waals surface area contributed by atoms with Gasteiger partial charge in [-0.25, -0.2) is 9.78 Å². The highest BCUT2D eigenvalue weighted by Gasteiger charge is 2.13. The minimum atomic E-state index is -0.556. The van der Waals surface area contributed by atoms with Crippen LogP contribution in [0.1, 0.15) is 12.0 Å². The van der Waals surface area contributed by atoms with Crippen molar-refractivity contribution in [1.29, 1.82) is 0 Å². The topological polar surface area (TPSA) is 60.5 Å². The van der Waals surface area contributed by atoms with E-state index in [1.807, 2.05) is 30.3 Å². The summed E-state index contributed by atoms with van der Waals surface area (Å²) in [7, 11) is 0. The highest BCUT2D eigenvalue weighted by Crippen LogP contribution is 2.25. The first-order valence-electron chi connectivity index (χ1n) is 6.63. The number of nitrogens with zero attached hydrogens (tertiary/aromatic N) is 1. The maximum Gasteiger partial charge on any atom is 0.417 e. The third-order valence-corrected chi connectivity index (χ3v) is 2.96. The van der Waals surface area contributed by atoms with Gasteiger partial charge in [-0.2, -0.15) is 0 Å². The van der Waals surface area contributed by atoms with E-state index >= 15 is 0 Å². The Bertz CT molecular complexity index is 668. The van der Waals surface area contributed by atoms with Gasteiger partial charge in [0.25, 0.3) is 0 Å². The summed E-state index contributed by atoms with van der Waals surface area (Å²) in [6.07, 6.45) is 3.40. The molecule has 1 aromatic carbocycles. The van der Waals surface area contributed by atoms with Gasteiger partial charge in [-0.1, -0.05) is 24.3 Å². The Labute approximate surface area is 122 Å². The van der Waals surface area contributed by atoms with E-state index < -0.39 is 6.09 Å². The second kappa shape index (κ2) is 6.09. The molecule has 0 atom stereocenters. The number of pyridine rings is 1. The number of amides is 1. The van der Waals surface area contributed by atoms with Gasteiger partial charge in [0.2, 0.25) is 0 Å². The van der Waals surface area contributed by atoms with Crippen LogP contribution >= 0.6 is 0 Å². The van der Waals surface area contributed by atoms with Gasteiger partial charge in [-0.15, -0.1) is 0 Å². The van der Waals surface area contributed by atoms with Gasteiger partial charge >= 0.3 is 6.09 Å². The van der Waals surface area contributed by atoms with E-state index in [1.54, 1.807) is 24.4 Å². The number of ether oxygens (including phenoxy) is 2. The molecule has 3 rings (SSSR count). The maximum absolute atomic E-state index is 11.8. The lowest BCUT2D eigenvalue weighted by molar-refractivity contribution is 0.185.